The monoisotopic (exact) mass is 438 g/mol. The first-order valence-corrected chi connectivity index (χ1v) is 11.0. The molecule has 2 unspecified atom stereocenters. The van der Waals surface area contributed by atoms with Gasteiger partial charge in [0, 0.05) is 0 Å². The third-order valence-corrected chi connectivity index (χ3v) is 6.35. The van der Waals surface area contributed by atoms with E-state index in [1.807, 2.05) is 60.7 Å². The van der Waals surface area contributed by atoms with Gasteiger partial charge < -0.3 is 9.84 Å². The molecule has 0 radical (unpaired) electrons. The van der Waals surface area contributed by atoms with E-state index in [0.717, 1.165) is 17.4 Å². The first-order chi connectivity index (χ1) is 16.2. The van der Waals surface area contributed by atoms with E-state index in [0.29, 0.717) is 6.61 Å². The van der Waals surface area contributed by atoms with Crippen LogP contribution in [0.1, 0.15) is 34.9 Å². The van der Waals surface area contributed by atoms with Gasteiger partial charge in [0.1, 0.15) is 6.61 Å². The number of benzene rings is 4. The number of ether oxygens (including phenoxy) is 1. The number of fused-ring (bicyclic) bond motifs is 1. The Labute approximate surface area is 193 Å². The van der Waals surface area contributed by atoms with Crippen LogP contribution in [0, 0.1) is 5.92 Å². The van der Waals surface area contributed by atoms with Crippen LogP contribution in [-0.4, -0.2) is 17.5 Å². The minimum absolute atomic E-state index is 0.100. The van der Waals surface area contributed by atoms with E-state index in [2.05, 4.69) is 42.5 Å². The molecule has 0 aliphatic heterocycles. The Morgan fingerprint density at radius 1 is 0.788 bits per heavy atom. The number of esters is 1. The van der Waals surface area contributed by atoms with E-state index in [1.54, 1.807) is 0 Å². The second-order valence-corrected chi connectivity index (χ2v) is 8.15. The van der Waals surface area contributed by atoms with Crippen LogP contribution in [0.4, 0.5) is 0 Å². The topological polar surface area (TPSA) is 63.6 Å². The van der Waals surface area contributed by atoms with E-state index in [-0.39, 0.29) is 30.2 Å². The summed E-state index contributed by atoms with van der Waals surface area (Å²) in [5.74, 6) is 0.162. The zero-order valence-electron chi connectivity index (χ0n) is 18.2. The maximum Gasteiger partial charge on any atom is 0.310 e. The van der Waals surface area contributed by atoms with E-state index in [1.165, 1.54) is 16.5 Å². The molecule has 0 saturated heterocycles. The van der Waals surface area contributed by atoms with E-state index in [9.17, 15) is 4.79 Å². The minimum Gasteiger partial charge on any atom is -0.483 e. The summed E-state index contributed by atoms with van der Waals surface area (Å²) < 4.78 is 5.90. The first-order valence-electron chi connectivity index (χ1n) is 11.0. The highest BCUT2D eigenvalue weighted by Gasteiger charge is 2.47. The van der Waals surface area contributed by atoms with E-state index < -0.39 is 0 Å². The van der Waals surface area contributed by atoms with Crippen molar-refractivity contribution in [2.24, 2.45) is 5.92 Å². The summed E-state index contributed by atoms with van der Waals surface area (Å²) in [5, 5.41) is 9.19. The summed E-state index contributed by atoms with van der Waals surface area (Å²) in [7, 11) is 0. The summed E-state index contributed by atoms with van der Waals surface area (Å²) in [6.07, 6.45) is 0.974. The molecule has 33 heavy (non-hydrogen) atoms. The van der Waals surface area contributed by atoms with Crippen molar-refractivity contribution in [3.05, 3.63) is 120 Å². The highest BCUT2D eigenvalue weighted by molar-refractivity contribution is 5.86. The van der Waals surface area contributed by atoms with Gasteiger partial charge >= 0.3 is 5.97 Å². The van der Waals surface area contributed by atoms with E-state index >= 15 is 0 Å². The summed E-state index contributed by atoms with van der Waals surface area (Å²) >= 11 is 0. The Morgan fingerprint density at radius 2 is 1.30 bits per heavy atom. The highest BCUT2D eigenvalue weighted by Crippen LogP contribution is 2.53. The molecule has 1 aliphatic carbocycles. The normalized spacial score (nSPS) is 19.0. The Balaban J connectivity index is 0.000000821. The number of hydrogen-bond donors (Lipinski definition) is 1. The number of carboxylic acid groups (broad SMARTS) is 1. The molecule has 0 spiro atoms. The lowest BCUT2D eigenvalue weighted by molar-refractivity contribution is -0.155. The van der Waals surface area contributed by atoms with Crippen LogP contribution in [-0.2, 0) is 20.9 Å². The van der Waals surface area contributed by atoms with Crippen molar-refractivity contribution >= 4 is 23.2 Å². The Hall–Kier alpha value is -3.92. The second-order valence-electron chi connectivity index (χ2n) is 8.15. The molecule has 1 N–H and O–H groups in total. The number of hydrogen-bond acceptors (Lipinski definition) is 3. The molecule has 1 aliphatic rings. The maximum atomic E-state index is 13.3. The van der Waals surface area contributed by atoms with Gasteiger partial charge in [0.25, 0.3) is 6.47 Å². The Kier molecular flexibility index (Phi) is 7.16. The smallest absolute Gasteiger partial charge is 0.310 e. The van der Waals surface area contributed by atoms with Crippen molar-refractivity contribution in [1.29, 1.82) is 0 Å². The van der Waals surface area contributed by atoms with Crippen LogP contribution in [0.3, 0.4) is 0 Å². The zero-order valence-corrected chi connectivity index (χ0v) is 18.2. The molecule has 5 rings (SSSR count). The Morgan fingerprint density at radius 3 is 1.91 bits per heavy atom. The van der Waals surface area contributed by atoms with Crippen molar-refractivity contribution < 1.29 is 19.4 Å². The molecule has 4 aromatic carbocycles. The zero-order chi connectivity index (χ0) is 23.0. The summed E-state index contributed by atoms with van der Waals surface area (Å²) in [6.45, 7) is 0.0553. The van der Waals surface area contributed by atoms with Gasteiger partial charge in [-0.15, -0.1) is 0 Å². The molecular formula is C29H26O4. The van der Waals surface area contributed by atoms with Gasteiger partial charge in [-0.05, 0) is 45.7 Å². The van der Waals surface area contributed by atoms with Crippen LogP contribution in [0.2, 0.25) is 0 Å². The van der Waals surface area contributed by atoms with Gasteiger partial charge in [-0.25, -0.2) is 0 Å². The van der Waals surface area contributed by atoms with Gasteiger partial charge in [-0.3, -0.25) is 9.59 Å². The fourth-order valence-electron chi connectivity index (χ4n) is 4.73. The minimum atomic E-state index is -0.250. The molecule has 1 saturated carbocycles. The number of carbonyl (C=O) groups excluding carboxylic acids is 1. The maximum absolute atomic E-state index is 13.3. The molecular weight excluding hydrogens is 412 g/mol. The van der Waals surface area contributed by atoms with Crippen molar-refractivity contribution in [3.8, 4) is 0 Å². The second kappa shape index (κ2) is 10.6. The highest BCUT2D eigenvalue weighted by atomic mass is 16.5. The first kappa shape index (κ1) is 22.3. The molecule has 1 fully saturated rings. The predicted octanol–water partition coefficient (Wildman–Crippen LogP) is 6.17. The molecule has 166 valence electrons. The number of rotatable bonds is 5. The molecule has 0 bridgehead atoms. The van der Waals surface area contributed by atoms with Crippen molar-refractivity contribution in [2.75, 3.05) is 0 Å². The lowest BCUT2D eigenvalue weighted by atomic mass is 9.60. The van der Waals surface area contributed by atoms with Gasteiger partial charge in [0.15, 0.2) is 0 Å². The summed E-state index contributed by atoms with van der Waals surface area (Å²) in [4.78, 5) is 21.6. The third kappa shape index (κ3) is 4.96. The fourth-order valence-corrected chi connectivity index (χ4v) is 4.73. The third-order valence-electron chi connectivity index (χ3n) is 6.35. The standard InChI is InChI=1S/C28H24O2.CH2O2/c29-28(30-19-23-16-9-15-20-14-7-8-17-24(20)23)27-25(21-10-3-1-4-11-21)18-26(27)22-12-5-2-6-13-22;2-1-3/h1-17,25-27H,18-19H2;1H,(H,2,3)/t25-,26?,27?;/m1./s1. The van der Waals surface area contributed by atoms with Crippen molar-refractivity contribution in [3.63, 3.8) is 0 Å². The quantitative estimate of drug-likeness (QED) is 0.299. The molecule has 0 amide bonds. The SMILES string of the molecule is O=C(OCc1cccc2ccccc12)C1C(c2ccccc2)C[C@@H]1c1ccccc1.O=CO. The van der Waals surface area contributed by atoms with Gasteiger partial charge in [-0.1, -0.05) is 103 Å². The molecule has 4 aromatic rings. The molecule has 3 atom stereocenters. The van der Waals surface area contributed by atoms with Crippen molar-refractivity contribution in [2.45, 2.75) is 24.9 Å². The van der Waals surface area contributed by atoms with E-state index in [4.69, 9.17) is 14.6 Å². The van der Waals surface area contributed by atoms with Crippen LogP contribution in [0.15, 0.2) is 103 Å². The molecule has 4 nitrogen and oxygen atoms in total. The van der Waals surface area contributed by atoms with Gasteiger partial charge in [0.05, 0.1) is 5.92 Å². The molecule has 0 aromatic heterocycles. The van der Waals surface area contributed by atoms with Crippen LogP contribution >= 0.6 is 0 Å². The average Bonchev–Trinajstić information content (AvgIpc) is 2.84. The predicted molar refractivity (Wildman–Crippen MR) is 129 cm³/mol. The van der Waals surface area contributed by atoms with Gasteiger partial charge in [0.2, 0.25) is 0 Å². The van der Waals surface area contributed by atoms with Gasteiger partial charge in [-0.2, -0.15) is 0 Å². The lowest BCUT2D eigenvalue weighted by Gasteiger charge is -2.43. The average molecular weight is 439 g/mol. The van der Waals surface area contributed by atoms with Crippen LogP contribution in [0.25, 0.3) is 10.8 Å². The van der Waals surface area contributed by atoms with Crippen molar-refractivity contribution in [1.82, 2.24) is 0 Å². The molecule has 4 heteroatoms. The van der Waals surface area contributed by atoms with Crippen LogP contribution in [0.5, 0.6) is 0 Å². The fraction of sp³-hybridized carbons (Fsp3) is 0.172. The largest absolute Gasteiger partial charge is 0.483 e. The Bertz CT molecular complexity index is 1150. The van der Waals surface area contributed by atoms with Crippen LogP contribution < -0.4 is 0 Å². The number of carbonyl (C=O) groups is 2. The summed E-state index contributed by atoms with van der Waals surface area (Å²) in [5.41, 5.74) is 3.49. The summed E-state index contributed by atoms with van der Waals surface area (Å²) in [6, 6.07) is 35.1. The lowest BCUT2D eigenvalue weighted by Crippen LogP contribution is -2.40. The molecule has 0 heterocycles.